The van der Waals surface area contributed by atoms with Crippen LogP contribution in [0, 0.1) is 0 Å². The molecule has 3 nitrogen and oxygen atoms in total. The summed E-state index contributed by atoms with van der Waals surface area (Å²) in [6.45, 7) is 0. The van der Waals surface area contributed by atoms with Gasteiger partial charge in [-0.1, -0.05) is 18.2 Å². The van der Waals surface area contributed by atoms with Gasteiger partial charge in [0.15, 0.2) is 0 Å². The molecular weight excluding hydrogens is 256 g/mol. The van der Waals surface area contributed by atoms with Gasteiger partial charge < -0.3 is 4.90 Å². The van der Waals surface area contributed by atoms with Crippen LogP contribution >= 0.6 is 11.3 Å². The van der Waals surface area contributed by atoms with Crippen molar-refractivity contribution >= 4 is 33.1 Å². The summed E-state index contributed by atoms with van der Waals surface area (Å²) in [6.07, 6.45) is 0. The summed E-state index contributed by atoms with van der Waals surface area (Å²) < 4.78 is 1.03. The van der Waals surface area contributed by atoms with Crippen molar-refractivity contribution in [1.29, 1.82) is 0 Å². The zero-order valence-corrected chi connectivity index (χ0v) is 11.2. The lowest BCUT2D eigenvalue weighted by Crippen LogP contribution is -2.25. The van der Waals surface area contributed by atoms with Crippen molar-refractivity contribution in [3.63, 3.8) is 0 Å². The van der Waals surface area contributed by atoms with Crippen molar-refractivity contribution in [1.82, 2.24) is 4.98 Å². The molecule has 0 bridgehead atoms. The third-order valence-corrected chi connectivity index (χ3v) is 3.82. The number of anilines is 1. The molecule has 0 spiro atoms. The average molecular weight is 268 g/mol. The number of carbonyl (C=O) groups excluding carboxylic acids is 1. The topological polar surface area (TPSA) is 33.2 Å². The normalized spacial score (nSPS) is 10.6. The number of aromatic nitrogens is 1. The molecule has 0 saturated carbocycles. The van der Waals surface area contributed by atoms with E-state index in [0.717, 1.165) is 15.9 Å². The Kier molecular flexibility index (Phi) is 3.01. The van der Waals surface area contributed by atoms with Gasteiger partial charge in [0, 0.05) is 18.3 Å². The van der Waals surface area contributed by atoms with Crippen molar-refractivity contribution < 1.29 is 4.79 Å². The molecule has 0 aliphatic heterocycles. The number of hydrogen-bond donors (Lipinski definition) is 0. The molecule has 0 atom stereocenters. The van der Waals surface area contributed by atoms with Crippen molar-refractivity contribution in [2.75, 3.05) is 11.9 Å². The molecule has 0 unspecified atom stereocenters. The highest BCUT2D eigenvalue weighted by molar-refractivity contribution is 7.16. The Morgan fingerprint density at radius 1 is 1.16 bits per heavy atom. The molecular formula is C15H12N2OS. The van der Waals surface area contributed by atoms with Gasteiger partial charge in [0.2, 0.25) is 0 Å². The molecule has 1 heterocycles. The van der Waals surface area contributed by atoms with E-state index in [4.69, 9.17) is 0 Å². The predicted octanol–water partition coefficient (Wildman–Crippen LogP) is 3.57. The monoisotopic (exact) mass is 268 g/mol. The van der Waals surface area contributed by atoms with E-state index in [2.05, 4.69) is 4.98 Å². The summed E-state index contributed by atoms with van der Waals surface area (Å²) in [5, 5.41) is 0. The Bertz CT molecular complexity index is 721. The fourth-order valence-electron chi connectivity index (χ4n) is 1.95. The molecule has 0 radical (unpaired) electrons. The Morgan fingerprint density at radius 3 is 2.74 bits per heavy atom. The minimum atomic E-state index is -0.0125. The number of benzene rings is 2. The van der Waals surface area contributed by atoms with Crippen LogP contribution in [0.1, 0.15) is 10.4 Å². The van der Waals surface area contributed by atoms with E-state index >= 15 is 0 Å². The number of hydrogen-bond acceptors (Lipinski definition) is 3. The van der Waals surface area contributed by atoms with Crippen LogP contribution in [-0.2, 0) is 0 Å². The summed E-state index contributed by atoms with van der Waals surface area (Å²) in [5.41, 5.74) is 4.30. The van der Waals surface area contributed by atoms with E-state index < -0.39 is 0 Å². The Labute approximate surface area is 115 Å². The number of rotatable bonds is 2. The largest absolute Gasteiger partial charge is 0.311 e. The lowest BCUT2D eigenvalue weighted by molar-refractivity contribution is 0.0993. The van der Waals surface area contributed by atoms with Crippen LogP contribution in [0.25, 0.3) is 10.2 Å². The van der Waals surface area contributed by atoms with Gasteiger partial charge in [0.25, 0.3) is 5.91 Å². The van der Waals surface area contributed by atoms with Crippen LogP contribution in [-0.4, -0.2) is 17.9 Å². The fourth-order valence-corrected chi connectivity index (χ4v) is 2.67. The second-order valence-corrected chi connectivity index (χ2v) is 5.12. The molecule has 4 heteroatoms. The van der Waals surface area contributed by atoms with E-state index in [0.29, 0.717) is 5.56 Å². The summed E-state index contributed by atoms with van der Waals surface area (Å²) in [7, 11) is 1.79. The van der Waals surface area contributed by atoms with E-state index in [1.54, 1.807) is 28.8 Å². The first-order valence-corrected chi connectivity index (χ1v) is 6.80. The maximum atomic E-state index is 12.4. The first kappa shape index (κ1) is 11.9. The van der Waals surface area contributed by atoms with Crippen LogP contribution in [0.15, 0.2) is 54.0 Å². The Morgan fingerprint density at radius 2 is 1.95 bits per heavy atom. The smallest absolute Gasteiger partial charge is 0.258 e. The van der Waals surface area contributed by atoms with Gasteiger partial charge in [0.05, 0.1) is 15.7 Å². The van der Waals surface area contributed by atoms with Crippen LogP contribution in [0.2, 0.25) is 0 Å². The highest BCUT2D eigenvalue weighted by Crippen LogP contribution is 2.21. The molecule has 3 rings (SSSR count). The van der Waals surface area contributed by atoms with Gasteiger partial charge in [0.1, 0.15) is 0 Å². The molecule has 2 aromatic carbocycles. The zero-order valence-electron chi connectivity index (χ0n) is 10.4. The molecule has 0 saturated heterocycles. The van der Waals surface area contributed by atoms with Gasteiger partial charge in [-0.05, 0) is 30.3 Å². The number of para-hydroxylation sites is 1. The molecule has 94 valence electrons. The van der Waals surface area contributed by atoms with Crippen LogP contribution < -0.4 is 4.90 Å². The highest BCUT2D eigenvalue weighted by atomic mass is 32.1. The molecule has 0 fully saturated rings. The van der Waals surface area contributed by atoms with Crippen molar-refractivity contribution in [2.45, 2.75) is 0 Å². The van der Waals surface area contributed by atoms with E-state index in [1.807, 2.05) is 48.5 Å². The Balaban J connectivity index is 1.95. The van der Waals surface area contributed by atoms with Gasteiger partial charge in [-0.25, -0.2) is 4.98 Å². The highest BCUT2D eigenvalue weighted by Gasteiger charge is 2.13. The summed E-state index contributed by atoms with van der Waals surface area (Å²) in [4.78, 5) is 18.3. The van der Waals surface area contributed by atoms with Gasteiger partial charge in [-0.3, -0.25) is 4.79 Å². The van der Waals surface area contributed by atoms with Crippen LogP contribution in [0.3, 0.4) is 0 Å². The minimum absolute atomic E-state index is 0.0125. The zero-order chi connectivity index (χ0) is 13.2. The maximum absolute atomic E-state index is 12.4. The van der Waals surface area contributed by atoms with E-state index in [1.165, 1.54) is 0 Å². The molecule has 0 aliphatic rings. The lowest BCUT2D eigenvalue weighted by Gasteiger charge is -2.17. The fraction of sp³-hybridized carbons (Fsp3) is 0.0667. The van der Waals surface area contributed by atoms with Crippen molar-refractivity contribution in [2.24, 2.45) is 0 Å². The standard InChI is InChI=1S/C15H12N2OS/c1-17(12-5-3-2-4-6-12)15(18)11-7-8-13-14(9-11)19-10-16-13/h2-10H,1H3. The van der Waals surface area contributed by atoms with Crippen LogP contribution in [0.5, 0.6) is 0 Å². The first-order chi connectivity index (χ1) is 9.25. The second kappa shape index (κ2) is 4.82. The summed E-state index contributed by atoms with van der Waals surface area (Å²) >= 11 is 1.54. The van der Waals surface area contributed by atoms with Crippen molar-refractivity contribution in [3.05, 3.63) is 59.6 Å². The number of thiazole rings is 1. The number of nitrogens with zero attached hydrogens (tertiary/aromatic N) is 2. The Hall–Kier alpha value is -2.20. The van der Waals surface area contributed by atoms with Crippen molar-refractivity contribution in [3.8, 4) is 0 Å². The third-order valence-electron chi connectivity index (χ3n) is 3.03. The molecule has 0 N–H and O–H groups in total. The molecule has 1 aromatic heterocycles. The number of carbonyl (C=O) groups is 1. The molecule has 1 amide bonds. The predicted molar refractivity (Wildman–Crippen MR) is 78.8 cm³/mol. The summed E-state index contributed by atoms with van der Waals surface area (Å²) in [6, 6.07) is 15.2. The average Bonchev–Trinajstić information content (AvgIpc) is 2.94. The second-order valence-electron chi connectivity index (χ2n) is 4.23. The quantitative estimate of drug-likeness (QED) is 0.712. The molecule has 3 aromatic rings. The number of fused-ring (bicyclic) bond motifs is 1. The van der Waals surface area contributed by atoms with E-state index in [9.17, 15) is 4.79 Å². The molecule has 19 heavy (non-hydrogen) atoms. The van der Waals surface area contributed by atoms with E-state index in [-0.39, 0.29) is 5.91 Å². The minimum Gasteiger partial charge on any atom is -0.311 e. The number of amides is 1. The lowest BCUT2D eigenvalue weighted by atomic mass is 10.2. The summed E-state index contributed by atoms with van der Waals surface area (Å²) in [5.74, 6) is -0.0125. The SMILES string of the molecule is CN(C(=O)c1ccc2ncsc2c1)c1ccccc1. The maximum Gasteiger partial charge on any atom is 0.258 e. The first-order valence-electron chi connectivity index (χ1n) is 5.92. The molecule has 0 aliphatic carbocycles. The van der Waals surface area contributed by atoms with Gasteiger partial charge in [-0.15, -0.1) is 11.3 Å². The van der Waals surface area contributed by atoms with Gasteiger partial charge in [-0.2, -0.15) is 0 Å². The van der Waals surface area contributed by atoms with Gasteiger partial charge >= 0.3 is 0 Å². The van der Waals surface area contributed by atoms with Crippen LogP contribution in [0.4, 0.5) is 5.69 Å². The third kappa shape index (κ3) is 2.22.